The fourth-order valence-electron chi connectivity index (χ4n) is 3.11. The van der Waals surface area contributed by atoms with Crippen LogP contribution in [-0.2, 0) is 11.2 Å². The van der Waals surface area contributed by atoms with Gasteiger partial charge in [-0.05, 0) is 30.2 Å². The number of hydrogen-bond donors (Lipinski definition) is 1. The molecule has 1 aromatic heterocycles. The molecule has 1 aromatic carbocycles. The highest BCUT2D eigenvalue weighted by Crippen LogP contribution is 2.25. The van der Waals surface area contributed by atoms with E-state index in [1.807, 2.05) is 31.2 Å². The summed E-state index contributed by atoms with van der Waals surface area (Å²) < 4.78 is 5.93. The Kier molecular flexibility index (Phi) is 4.92. The number of rotatable bonds is 4. The third kappa shape index (κ3) is 3.47. The van der Waals surface area contributed by atoms with Gasteiger partial charge in [-0.1, -0.05) is 24.3 Å². The number of nitrogens with zero attached hydrogens (tertiary/aromatic N) is 2. The number of carbonyl (C=O) groups is 1. The van der Waals surface area contributed by atoms with Gasteiger partial charge >= 0.3 is 0 Å². The molecule has 0 saturated carbocycles. The van der Waals surface area contributed by atoms with E-state index in [4.69, 9.17) is 4.74 Å². The van der Waals surface area contributed by atoms with Gasteiger partial charge in [0.1, 0.15) is 5.60 Å². The molecule has 3 rings (SSSR count). The number of hydrogen-bond acceptors (Lipinski definition) is 4. The van der Waals surface area contributed by atoms with Gasteiger partial charge in [0.2, 0.25) is 0 Å². The van der Waals surface area contributed by atoms with Crippen molar-refractivity contribution in [2.75, 3.05) is 26.3 Å². The number of ether oxygens (including phenoxy) is 1. The predicted molar refractivity (Wildman–Crippen MR) is 90.8 cm³/mol. The van der Waals surface area contributed by atoms with E-state index >= 15 is 0 Å². The molecule has 5 heteroatoms. The lowest BCUT2D eigenvalue weighted by atomic mass is 9.90. The maximum Gasteiger partial charge on any atom is 0.254 e. The van der Waals surface area contributed by atoms with Crippen LogP contribution >= 0.6 is 0 Å². The van der Waals surface area contributed by atoms with Gasteiger partial charge in [0.15, 0.2) is 0 Å². The zero-order valence-corrected chi connectivity index (χ0v) is 13.8. The standard InChI is InChI=1S/C19H22N2O3/c1-15-4-2-3-5-17(15)12-19(14-22)13-21(10-11-24-19)18(23)16-6-8-20-9-7-16/h2-9,22H,10-14H2,1H3/t19-/m1/s1. The lowest BCUT2D eigenvalue weighted by molar-refractivity contribution is -0.123. The molecule has 126 valence electrons. The van der Waals surface area contributed by atoms with Crippen molar-refractivity contribution in [1.82, 2.24) is 9.88 Å². The first-order valence-corrected chi connectivity index (χ1v) is 8.12. The SMILES string of the molecule is Cc1ccccc1C[C@]1(CO)CN(C(=O)c2ccncc2)CCO1. The van der Waals surface area contributed by atoms with Crippen LogP contribution < -0.4 is 0 Å². The first kappa shape index (κ1) is 16.6. The number of pyridine rings is 1. The van der Waals surface area contributed by atoms with Crippen molar-refractivity contribution >= 4 is 5.91 Å². The number of aryl methyl sites for hydroxylation is 1. The van der Waals surface area contributed by atoms with Crippen LogP contribution in [0.15, 0.2) is 48.8 Å². The Labute approximate surface area is 141 Å². The molecule has 1 atom stereocenters. The molecule has 2 heterocycles. The van der Waals surface area contributed by atoms with Crippen molar-refractivity contribution in [1.29, 1.82) is 0 Å². The van der Waals surface area contributed by atoms with E-state index in [9.17, 15) is 9.90 Å². The molecule has 1 fully saturated rings. The lowest BCUT2D eigenvalue weighted by Crippen LogP contribution is -2.56. The maximum absolute atomic E-state index is 12.7. The Morgan fingerprint density at radius 3 is 2.75 bits per heavy atom. The highest BCUT2D eigenvalue weighted by molar-refractivity contribution is 5.94. The number of carbonyl (C=O) groups excluding carboxylic acids is 1. The van der Waals surface area contributed by atoms with Crippen molar-refractivity contribution < 1.29 is 14.6 Å². The minimum atomic E-state index is -0.757. The average Bonchev–Trinajstić information content (AvgIpc) is 2.64. The van der Waals surface area contributed by atoms with Gasteiger partial charge in [-0.25, -0.2) is 0 Å². The van der Waals surface area contributed by atoms with Crippen LogP contribution in [0.1, 0.15) is 21.5 Å². The van der Waals surface area contributed by atoms with Gasteiger partial charge in [0, 0.05) is 30.9 Å². The van der Waals surface area contributed by atoms with Crippen LogP contribution in [0.25, 0.3) is 0 Å². The minimum Gasteiger partial charge on any atom is -0.393 e. The van der Waals surface area contributed by atoms with Gasteiger partial charge in [0.05, 0.1) is 19.8 Å². The Morgan fingerprint density at radius 1 is 1.29 bits per heavy atom. The van der Waals surface area contributed by atoms with Crippen molar-refractivity contribution in [2.45, 2.75) is 18.9 Å². The molecule has 0 bridgehead atoms. The maximum atomic E-state index is 12.7. The Bertz CT molecular complexity index is 705. The second-order valence-electron chi connectivity index (χ2n) is 6.26. The van der Waals surface area contributed by atoms with E-state index in [1.165, 1.54) is 0 Å². The number of aliphatic hydroxyl groups excluding tert-OH is 1. The summed E-state index contributed by atoms with van der Waals surface area (Å²) >= 11 is 0. The molecule has 1 aliphatic heterocycles. The molecule has 1 amide bonds. The molecule has 24 heavy (non-hydrogen) atoms. The first-order valence-electron chi connectivity index (χ1n) is 8.12. The van der Waals surface area contributed by atoms with Crippen LogP contribution in [0.2, 0.25) is 0 Å². The summed E-state index contributed by atoms with van der Waals surface area (Å²) in [5, 5.41) is 9.99. The molecule has 0 unspecified atom stereocenters. The highest BCUT2D eigenvalue weighted by atomic mass is 16.5. The first-order chi connectivity index (χ1) is 11.6. The smallest absolute Gasteiger partial charge is 0.254 e. The molecule has 2 aromatic rings. The van der Waals surface area contributed by atoms with E-state index in [-0.39, 0.29) is 12.5 Å². The van der Waals surface area contributed by atoms with Gasteiger partial charge in [-0.15, -0.1) is 0 Å². The summed E-state index contributed by atoms with van der Waals surface area (Å²) in [7, 11) is 0. The Balaban J connectivity index is 1.79. The second kappa shape index (κ2) is 7.11. The fourth-order valence-corrected chi connectivity index (χ4v) is 3.11. The zero-order valence-electron chi connectivity index (χ0n) is 13.8. The van der Waals surface area contributed by atoms with E-state index < -0.39 is 5.60 Å². The van der Waals surface area contributed by atoms with Crippen LogP contribution in [0.5, 0.6) is 0 Å². The van der Waals surface area contributed by atoms with E-state index in [1.54, 1.807) is 29.4 Å². The van der Waals surface area contributed by atoms with Crippen LogP contribution in [-0.4, -0.2) is 52.8 Å². The Hall–Kier alpha value is -2.24. The lowest BCUT2D eigenvalue weighted by Gasteiger charge is -2.42. The summed E-state index contributed by atoms with van der Waals surface area (Å²) in [6.07, 6.45) is 3.80. The second-order valence-corrected chi connectivity index (χ2v) is 6.26. The molecule has 0 radical (unpaired) electrons. The minimum absolute atomic E-state index is 0.0525. The molecule has 0 spiro atoms. The number of benzene rings is 1. The molecule has 1 saturated heterocycles. The van der Waals surface area contributed by atoms with Gasteiger partial charge in [-0.2, -0.15) is 0 Å². The summed E-state index contributed by atoms with van der Waals surface area (Å²) in [5.41, 5.74) is 2.14. The molecule has 1 aliphatic rings. The molecule has 5 nitrogen and oxygen atoms in total. The van der Waals surface area contributed by atoms with Crippen molar-refractivity contribution in [3.8, 4) is 0 Å². The van der Waals surface area contributed by atoms with Crippen LogP contribution in [0, 0.1) is 6.92 Å². The molecule has 0 aliphatic carbocycles. The van der Waals surface area contributed by atoms with Crippen LogP contribution in [0.3, 0.4) is 0 Å². The molecule has 1 N–H and O–H groups in total. The van der Waals surface area contributed by atoms with E-state index in [2.05, 4.69) is 4.98 Å². The zero-order chi connectivity index (χ0) is 17.0. The van der Waals surface area contributed by atoms with Gasteiger partial charge in [-0.3, -0.25) is 9.78 Å². The topological polar surface area (TPSA) is 62.7 Å². The number of morpholine rings is 1. The third-order valence-corrected chi connectivity index (χ3v) is 4.52. The normalized spacial score (nSPS) is 20.8. The summed E-state index contributed by atoms with van der Waals surface area (Å²) in [4.78, 5) is 18.4. The molecular weight excluding hydrogens is 304 g/mol. The number of amides is 1. The third-order valence-electron chi connectivity index (χ3n) is 4.52. The summed E-state index contributed by atoms with van der Waals surface area (Å²) in [6.45, 7) is 3.24. The van der Waals surface area contributed by atoms with Crippen molar-refractivity contribution in [3.63, 3.8) is 0 Å². The monoisotopic (exact) mass is 326 g/mol. The van der Waals surface area contributed by atoms with Crippen molar-refractivity contribution in [2.24, 2.45) is 0 Å². The number of aliphatic hydroxyl groups is 1. The largest absolute Gasteiger partial charge is 0.393 e. The summed E-state index contributed by atoms with van der Waals surface area (Å²) in [6, 6.07) is 11.5. The summed E-state index contributed by atoms with van der Waals surface area (Å²) in [5.74, 6) is -0.0525. The van der Waals surface area contributed by atoms with Crippen molar-refractivity contribution in [3.05, 3.63) is 65.5 Å². The van der Waals surface area contributed by atoms with Gasteiger partial charge < -0.3 is 14.7 Å². The van der Waals surface area contributed by atoms with Gasteiger partial charge in [0.25, 0.3) is 5.91 Å². The van der Waals surface area contributed by atoms with E-state index in [0.29, 0.717) is 31.7 Å². The highest BCUT2D eigenvalue weighted by Gasteiger charge is 2.38. The predicted octanol–water partition coefficient (Wildman–Crippen LogP) is 1.84. The fraction of sp³-hybridized carbons (Fsp3) is 0.368. The van der Waals surface area contributed by atoms with Crippen LogP contribution in [0.4, 0.5) is 0 Å². The number of aromatic nitrogens is 1. The molecular formula is C19H22N2O3. The Morgan fingerprint density at radius 2 is 2.04 bits per heavy atom. The quantitative estimate of drug-likeness (QED) is 0.931. The average molecular weight is 326 g/mol. The van der Waals surface area contributed by atoms with E-state index in [0.717, 1.165) is 11.1 Å².